The first-order valence-corrected chi connectivity index (χ1v) is 7.19. The largest absolute Gasteiger partial charge is 0.385 e. The minimum absolute atomic E-state index is 0.822. The van der Waals surface area contributed by atoms with Crippen molar-refractivity contribution in [3.63, 3.8) is 0 Å². The molecule has 1 aromatic carbocycles. The average molecular weight is 264 g/mol. The normalized spacial score (nSPS) is 10.7. The minimum Gasteiger partial charge on any atom is -0.385 e. The van der Waals surface area contributed by atoms with Crippen molar-refractivity contribution in [2.24, 2.45) is 0 Å². The summed E-state index contributed by atoms with van der Waals surface area (Å²) in [6.45, 7) is 8.28. The van der Waals surface area contributed by atoms with Crippen LogP contribution in [0.1, 0.15) is 30.9 Å². The first kappa shape index (κ1) is 16.0. The maximum absolute atomic E-state index is 5.09. The number of hydrogen-bond acceptors (Lipinski definition) is 3. The topological polar surface area (TPSA) is 24.5 Å². The summed E-state index contributed by atoms with van der Waals surface area (Å²) in [5.41, 5.74) is 4.04. The lowest BCUT2D eigenvalue weighted by Crippen LogP contribution is -2.20. The van der Waals surface area contributed by atoms with E-state index < -0.39 is 0 Å². The van der Waals surface area contributed by atoms with Crippen LogP contribution in [-0.2, 0) is 11.3 Å². The SMILES string of the molecule is CCCNCc1ccc(N(C)CCCOC)cc1C. The number of methoxy groups -OCH3 is 1. The van der Waals surface area contributed by atoms with Crippen LogP contribution in [0.3, 0.4) is 0 Å². The number of ether oxygens (including phenoxy) is 1. The zero-order chi connectivity index (χ0) is 14.1. The molecule has 3 nitrogen and oxygen atoms in total. The van der Waals surface area contributed by atoms with E-state index in [0.29, 0.717) is 0 Å². The number of hydrogen-bond donors (Lipinski definition) is 1. The van der Waals surface area contributed by atoms with Crippen LogP contribution in [0.5, 0.6) is 0 Å². The van der Waals surface area contributed by atoms with Gasteiger partial charge >= 0.3 is 0 Å². The molecular weight excluding hydrogens is 236 g/mol. The highest BCUT2D eigenvalue weighted by molar-refractivity contribution is 5.50. The summed E-state index contributed by atoms with van der Waals surface area (Å²) in [5.74, 6) is 0. The molecule has 0 aliphatic rings. The van der Waals surface area contributed by atoms with Gasteiger partial charge in [0.15, 0.2) is 0 Å². The third-order valence-electron chi connectivity index (χ3n) is 3.35. The molecule has 0 heterocycles. The number of nitrogens with zero attached hydrogens (tertiary/aromatic N) is 1. The molecule has 0 saturated heterocycles. The summed E-state index contributed by atoms with van der Waals surface area (Å²) in [5, 5.41) is 3.45. The lowest BCUT2D eigenvalue weighted by Gasteiger charge is -2.20. The first-order valence-electron chi connectivity index (χ1n) is 7.19. The molecule has 0 radical (unpaired) electrons. The van der Waals surface area contributed by atoms with Gasteiger partial charge in [0.2, 0.25) is 0 Å². The van der Waals surface area contributed by atoms with Gasteiger partial charge in [-0.15, -0.1) is 0 Å². The van der Waals surface area contributed by atoms with E-state index >= 15 is 0 Å². The quantitative estimate of drug-likeness (QED) is 0.694. The Kier molecular flexibility index (Phi) is 7.53. The number of aryl methyl sites for hydroxylation is 1. The molecule has 1 rings (SSSR count). The van der Waals surface area contributed by atoms with Crippen molar-refractivity contribution in [2.75, 3.05) is 38.8 Å². The van der Waals surface area contributed by atoms with Crippen molar-refractivity contribution in [2.45, 2.75) is 33.2 Å². The summed E-state index contributed by atoms with van der Waals surface area (Å²) < 4.78 is 5.09. The van der Waals surface area contributed by atoms with Crippen LogP contribution in [0.15, 0.2) is 18.2 Å². The molecule has 0 amide bonds. The van der Waals surface area contributed by atoms with Crippen LogP contribution in [-0.4, -0.2) is 33.9 Å². The van der Waals surface area contributed by atoms with E-state index in [1.165, 1.54) is 23.2 Å². The molecule has 0 aliphatic heterocycles. The molecule has 0 fully saturated rings. The summed E-state index contributed by atoms with van der Waals surface area (Å²) in [7, 11) is 3.89. The van der Waals surface area contributed by atoms with Crippen LogP contribution in [0.25, 0.3) is 0 Å². The van der Waals surface area contributed by atoms with Crippen molar-refractivity contribution in [1.29, 1.82) is 0 Å². The number of anilines is 1. The van der Waals surface area contributed by atoms with Crippen LogP contribution >= 0.6 is 0 Å². The molecule has 1 aromatic rings. The van der Waals surface area contributed by atoms with Crippen LogP contribution in [0.4, 0.5) is 5.69 Å². The van der Waals surface area contributed by atoms with E-state index in [4.69, 9.17) is 4.74 Å². The standard InChI is InChI=1S/C16H28N2O/c1-5-9-17-13-15-7-8-16(12-14(15)2)18(3)10-6-11-19-4/h7-8,12,17H,5-6,9-11,13H2,1-4H3. The van der Waals surface area contributed by atoms with Crippen molar-refractivity contribution in [3.8, 4) is 0 Å². The van der Waals surface area contributed by atoms with Crippen molar-refractivity contribution >= 4 is 5.69 Å². The Labute approximate surface area is 118 Å². The van der Waals surface area contributed by atoms with Gasteiger partial charge in [-0.1, -0.05) is 13.0 Å². The molecule has 108 valence electrons. The summed E-state index contributed by atoms with van der Waals surface area (Å²) in [6, 6.07) is 6.72. The molecule has 19 heavy (non-hydrogen) atoms. The Hall–Kier alpha value is -1.06. The second-order valence-electron chi connectivity index (χ2n) is 5.06. The molecule has 0 unspecified atom stereocenters. The molecule has 0 aliphatic carbocycles. The van der Waals surface area contributed by atoms with Gasteiger partial charge in [-0.25, -0.2) is 0 Å². The fraction of sp³-hybridized carbons (Fsp3) is 0.625. The van der Waals surface area contributed by atoms with Gasteiger partial charge in [-0.2, -0.15) is 0 Å². The Bertz CT molecular complexity index is 366. The fourth-order valence-electron chi connectivity index (χ4n) is 2.09. The molecule has 0 saturated carbocycles. The highest BCUT2D eigenvalue weighted by Crippen LogP contribution is 2.18. The highest BCUT2D eigenvalue weighted by atomic mass is 16.5. The summed E-state index contributed by atoms with van der Waals surface area (Å²) in [4.78, 5) is 2.29. The van der Waals surface area contributed by atoms with E-state index in [1.807, 2.05) is 0 Å². The Morgan fingerprint density at radius 1 is 1.32 bits per heavy atom. The molecule has 0 bridgehead atoms. The fourth-order valence-corrected chi connectivity index (χ4v) is 2.09. The van der Waals surface area contributed by atoms with E-state index in [0.717, 1.165) is 32.7 Å². The molecule has 0 atom stereocenters. The molecule has 1 N–H and O–H groups in total. The molecule has 0 spiro atoms. The van der Waals surface area contributed by atoms with Crippen LogP contribution in [0.2, 0.25) is 0 Å². The zero-order valence-corrected chi connectivity index (χ0v) is 12.8. The maximum atomic E-state index is 5.09. The predicted octanol–water partition coefficient (Wildman–Crippen LogP) is 2.97. The highest BCUT2D eigenvalue weighted by Gasteiger charge is 2.04. The zero-order valence-electron chi connectivity index (χ0n) is 12.8. The Balaban J connectivity index is 2.54. The first-order chi connectivity index (χ1) is 9.19. The van der Waals surface area contributed by atoms with E-state index in [2.05, 4.69) is 49.3 Å². The monoisotopic (exact) mass is 264 g/mol. The summed E-state index contributed by atoms with van der Waals surface area (Å²) in [6.07, 6.45) is 2.24. The van der Waals surface area contributed by atoms with Gasteiger partial charge < -0.3 is 15.0 Å². The van der Waals surface area contributed by atoms with Gasteiger partial charge in [0.1, 0.15) is 0 Å². The van der Waals surface area contributed by atoms with Crippen LogP contribution in [0, 0.1) is 6.92 Å². The van der Waals surface area contributed by atoms with Crippen molar-refractivity contribution in [3.05, 3.63) is 29.3 Å². The Morgan fingerprint density at radius 2 is 2.11 bits per heavy atom. The molecule has 3 heteroatoms. The van der Waals surface area contributed by atoms with Gasteiger partial charge in [-0.05, 0) is 49.6 Å². The smallest absolute Gasteiger partial charge is 0.0479 e. The third-order valence-corrected chi connectivity index (χ3v) is 3.35. The second kappa shape index (κ2) is 8.94. The van der Waals surface area contributed by atoms with E-state index in [-0.39, 0.29) is 0 Å². The predicted molar refractivity (Wildman–Crippen MR) is 82.9 cm³/mol. The third kappa shape index (κ3) is 5.62. The number of benzene rings is 1. The van der Waals surface area contributed by atoms with Crippen molar-refractivity contribution in [1.82, 2.24) is 5.32 Å². The molecule has 0 aromatic heterocycles. The van der Waals surface area contributed by atoms with Gasteiger partial charge in [0.25, 0.3) is 0 Å². The van der Waals surface area contributed by atoms with Crippen LogP contribution < -0.4 is 10.2 Å². The van der Waals surface area contributed by atoms with E-state index in [9.17, 15) is 0 Å². The van der Waals surface area contributed by atoms with E-state index in [1.54, 1.807) is 7.11 Å². The second-order valence-corrected chi connectivity index (χ2v) is 5.06. The Morgan fingerprint density at radius 3 is 2.74 bits per heavy atom. The minimum atomic E-state index is 0.822. The van der Waals surface area contributed by atoms with Crippen molar-refractivity contribution < 1.29 is 4.74 Å². The van der Waals surface area contributed by atoms with Gasteiger partial charge in [0, 0.05) is 39.5 Å². The lowest BCUT2D eigenvalue weighted by atomic mass is 10.1. The lowest BCUT2D eigenvalue weighted by molar-refractivity contribution is 0.196. The number of nitrogens with one attached hydrogen (secondary N) is 1. The van der Waals surface area contributed by atoms with Gasteiger partial charge in [-0.3, -0.25) is 0 Å². The molecular formula is C16H28N2O. The summed E-state index contributed by atoms with van der Waals surface area (Å²) >= 11 is 0. The average Bonchev–Trinajstić information content (AvgIpc) is 2.41. The number of rotatable bonds is 9. The van der Waals surface area contributed by atoms with Gasteiger partial charge in [0.05, 0.1) is 0 Å². The maximum Gasteiger partial charge on any atom is 0.0479 e.